The predicted molar refractivity (Wildman–Crippen MR) is 115 cm³/mol. The summed E-state index contributed by atoms with van der Waals surface area (Å²) < 4.78 is 5.68. The van der Waals surface area contributed by atoms with E-state index in [0.29, 0.717) is 17.7 Å². The third kappa shape index (κ3) is 5.55. The number of nitrogens with one attached hydrogen (secondary N) is 1. The number of likely N-dealkylation sites (tertiary alicyclic amines) is 1. The molecule has 1 aromatic carbocycles. The molecule has 0 bridgehead atoms. The molecule has 1 unspecified atom stereocenters. The van der Waals surface area contributed by atoms with Crippen molar-refractivity contribution < 1.29 is 9.53 Å². The Bertz CT molecular complexity index is 770. The van der Waals surface area contributed by atoms with Crippen LogP contribution in [0.4, 0.5) is 0 Å². The molecule has 0 radical (unpaired) electrons. The van der Waals surface area contributed by atoms with Crippen LogP contribution in [0.3, 0.4) is 0 Å². The SMILES string of the molecule is CC(C)Oc1ccc(-c2nc(C(=O)NCC3CCCN(C(C)C)C3)cs2)cc1. The molecule has 0 spiro atoms. The third-order valence-electron chi connectivity index (χ3n) is 5.04. The van der Waals surface area contributed by atoms with Crippen LogP contribution in [0.25, 0.3) is 10.6 Å². The number of aromatic nitrogens is 1. The van der Waals surface area contributed by atoms with Crippen LogP contribution >= 0.6 is 11.3 Å². The number of rotatable bonds is 7. The highest BCUT2D eigenvalue weighted by Crippen LogP contribution is 2.26. The Morgan fingerprint density at radius 2 is 2.04 bits per heavy atom. The summed E-state index contributed by atoms with van der Waals surface area (Å²) in [5.41, 5.74) is 1.50. The number of carbonyl (C=O) groups excluding carboxylic acids is 1. The minimum atomic E-state index is -0.0797. The molecule has 1 aliphatic rings. The molecule has 2 aromatic rings. The Kier molecular flexibility index (Phi) is 7.08. The Morgan fingerprint density at radius 1 is 1.29 bits per heavy atom. The molecule has 1 N–H and O–H groups in total. The van der Waals surface area contributed by atoms with Crippen molar-refractivity contribution in [1.82, 2.24) is 15.2 Å². The average molecular weight is 402 g/mol. The molecule has 0 aliphatic carbocycles. The van der Waals surface area contributed by atoms with E-state index in [9.17, 15) is 4.79 Å². The van der Waals surface area contributed by atoms with Crippen LogP contribution in [0, 0.1) is 5.92 Å². The topological polar surface area (TPSA) is 54.5 Å². The zero-order valence-electron chi connectivity index (χ0n) is 17.3. The van der Waals surface area contributed by atoms with E-state index in [4.69, 9.17) is 4.74 Å². The van der Waals surface area contributed by atoms with Crippen LogP contribution in [0.1, 0.15) is 51.0 Å². The maximum Gasteiger partial charge on any atom is 0.270 e. The first kappa shape index (κ1) is 20.8. The van der Waals surface area contributed by atoms with Gasteiger partial charge in [-0.05, 0) is 77.3 Å². The van der Waals surface area contributed by atoms with E-state index in [1.54, 1.807) is 0 Å². The normalized spacial score (nSPS) is 17.9. The minimum Gasteiger partial charge on any atom is -0.491 e. The predicted octanol–water partition coefficient (Wildman–Crippen LogP) is 4.45. The van der Waals surface area contributed by atoms with Crippen LogP contribution in [0.5, 0.6) is 5.75 Å². The zero-order chi connectivity index (χ0) is 20.1. The Balaban J connectivity index is 1.55. The number of thiazole rings is 1. The van der Waals surface area contributed by atoms with Gasteiger partial charge >= 0.3 is 0 Å². The molecule has 1 aromatic heterocycles. The molecule has 2 heterocycles. The molecule has 5 nitrogen and oxygen atoms in total. The second-order valence-electron chi connectivity index (χ2n) is 8.04. The zero-order valence-corrected chi connectivity index (χ0v) is 18.1. The van der Waals surface area contributed by atoms with Crippen LogP contribution in [-0.4, -0.2) is 47.6 Å². The van der Waals surface area contributed by atoms with E-state index in [1.165, 1.54) is 30.7 Å². The maximum absolute atomic E-state index is 12.5. The smallest absolute Gasteiger partial charge is 0.270 e. The minimum absolute atomic E-state index is 0.0797. The largest absolute Gasteiger partial charge is 0.491 e. The van der Waals surface area contributed by atoms with Gasteiger partial charge in [-0.25, -0.2) is 4.98 Å². The van der Waals surface area contributed by atoms with Crippen molar-refractivity contribution in [2.75, 3.05) is 19.6 Å². The fraction of sp³-hybridized carbons (Fsp3) is 0.545. The maximum atomic E-state index is 12.5. The fourth-order valence-corrected chi connectivity index (χ4v) is 4.33. The standard InChI is InChI=1S/C22H31N3O2S/c1-15(2)25-11-5-6-17(13-25)12-23-21(26)20-14-28-22(24-20)18-7-9-19(10-8-18)27-16(3)4/h7-10,14-17H,5-6,11-13H2,1-4H3,(H,23,26). The van der Waals surface area contributed by atoms with E-state index in [-0.39, 0.29) is 12.0 Å². The van der Waals surface area contributed by atoms with E-state index in [2.05, 4.69) is 29.0 Å². The number of piperidine rings is 1. The molecular formula is C22H31N3O2S. The molecule has 6 heteroatoms. The Hall–Kier alpha value is -1.92. The van der Waals surface area contributed by atoms with Crippen molar-refractivity contribution in [3.05, 3.63) is 35.3 Å². The van der Waals surface area contributed by atoms with Crippen molar-refractivity contribution in [2.24, 2.45) is 5.92 Å². The summed E-state index contributed by atoms with van der Waals surface area (Å²) >= 11 is 1.50. The van der Waals surface area contributed by atoms with Gasteiger partial charge in [-0.1, -0.05) is 0 Å². The lowest BCUT2D eigenvalue weighted by Gasteiger charge is -2.35. The lowest BCUT2D eigenvalue weighted by molar-refractivity contribution is 0.0918. The van der Waals surface area contributed by atoms with Gasteiger partial charge in [0.25, 0.3) is 5.91 Å². The first-order chi connectivity index (χ1) is 13.4. The van der Waals surface area contributed by atoms with Crippen LogP contribution in [0.15, 0.2) is 29.6 Å². The van der Waals surface area contributed by atoms with Gasteiger partial charge in [0.1, 0.15) is 16.5 Å². The number of hydrogen-bond acceptors (Lipinski definition) is 5. The number of hydrogen-bond donors (Lipinski definition) is 1. The summed E-state index contributed by atoms with van der Waals surface area (Å²) in [7, 11) is 0. The summed E-state index contributed by atoms with van der Waals surface area (Å²) in [4.78, 5) is 19.5. The van der Waals surface area contributed by atoms with Gasteiger partial charge in [-0.2, -0.15) is 0 Å². The van der Waals surface area contributed by atoms with E-state index >= 15 is 0 Å². The number of benzene rings is 1. The molecule has 0 saturated carbocycles. The van der Waals surface area contributed by atoms with Gasteiger partial charge < -0.3 is 15.0 Å². The highest BCUT2D eigenvalue weighted by molar-refractivity contribution is 7.13. The quantitative estimate of drug-likeness (QED) is 0.745. The molecule has 152 valence electrons. The van der Waals surface area contributed by atoms with E-state index < -0.39 is 0 Å². The number of amides is 1. The fourth-order valence-electron chi connectivity index (χ4n) is 3.52. The van der Waals surface area contributed by atoms with Crippen molar-refractivity contribution in [2.45, 2.75) is 52.7 Å². The summed E-state index contributed by atoms with van der Waals surface area (Å²) in [6.07, 6.45) is 2.53. The number of carbonyl (C=O) groups is 1. The molecule has 3 rings (SSSR count). The van der Waals surface area contributed by atoms with Crippen LogP contribution in [-0.2, 0) is 0 Å². The summed E-state index contributed by atoms with van der Waals surface area (Å²) in [5, 5.41) is 5.77. The summed E-state index contributed by atoms with van der Waals surface area (Å²) in [5.74, 6) is 1.28. The summed E-state index contributed by atoms with van der Waals surface area (Å²) in [6.45, 7) is 11.4. The van der Waals surface area contributed by atoms with Crippen molar-refractivity contribution in [3.8, 4) is 16.3 Å². The molecule has 1 saturated heterocycles. The molecule has 1 aliphatic heterocycles. The monoisotopic (exact) mass is 401 g/mol. The number of nitrogens with zero attached hydrogens (tertiary/aromatic N) is 2. The van der Waals surface area contributed by atoms with Gasteiger partial charge in [0.15, 0.2) is 0 Å². The van der Waals surface area contributed by atoms with Gasteiger partial charge in [-0.15, -0.1) is 11.3 Å². The van der Waals surface area contributed by atoms with E-state index in [0.717, 1.165) is 29.4 Å². The highest BCUT2D eigenvalue weighted by atomic mass is 32.1. The van der Waals surface area contributed by atoms with Crippen molar-refractivity contribution >= 4 is 17.2 Å². The van der Waals surface area contributed by atoms with Crippen molar-refractivity contribution in [3.63, 3.8) is 0 Å². The second kappa shape index (κ2) is 9.52. The first-order valence-corrected chi connectivity index (χ1v) is 11.0. The molecule has 1 atom stereocenters. The molecule has 28 heavy (non-hydrogen) atoms. The lowest BCUT2D eigenvalue weighted by atomic mass is 9.97. The van der Waals surface area contributed by atoms with Crippen LogP contribution < -0.4 is 10.1 Å². The Labute approximate surface area is 172 Å². The average Bonchev–Trinajstić information content (AvgIpc) is 3.17. The lowest BCUT2D eigenvalue weighted by Crippen LogP contribution is -2.43. The molecule has 1 amide bonds. The van der Waals surface area contributed by atoms with E-state index in [1.807, 2.05) is 43.5 Å². The summed E-state index contributed by atoms with van der Waals surface area (Å²) in [6, 6.07) is 8.43. The van der Waals surface area contributed by atoms with Gasteiger partial charge in [0, 0.05) is 30.1 Å². The van der Waals surface area contributed by atoms with Gasteiger partial charge in [0.2, 0.25) is 0 Å². The highest BCUT2D eigenvalue weighted by Gasteiger charge is 2.22. The first-order valence-electron chi connectivity index (χ1n) is 10.2. The van der Waals surface area contributed by atoms with Crippen LogP contribution in [0.2, 0.25) is 0 Å². The molecular weight excluding hydrogens is 370 g/mol. The third-order valence-corrected chi connectivity index (χ3v) is 5.93. The molecule has 1 fully saturated rings. The Morgan fingerprint density at radius 3 is 2.71 bits per heavy atom. The van der Waals surface area contributed by atoms with Crippen molar-refractivity contribution in [1.29, 1.82) is 0 Å². The van der Waals surface area contributed by atoms with Gasteiger partial charge in [-0.3, -0.25) is 4.79 Å². The van der Waals surface area contributed by atoms with Gasteiger partial charge in [0.05, 0.1) is 6.10 Å². The second-order valence-corrected chi connectivity index (χ2v) is 8.89. The number of ether oxygens (including phenoxy) is 1.